The summed E-state index contributed by atoms with van der Waals surface area (Å²) in [5.74, 6) is 0.367. The number of aromatic nitrogens is 1. The summed E-state index contributed by atoms with van der Waals surface area (Å²) in [5, 5.41) is 0.524. The van der Waals surface area contributed by atoms with Gasteiger partial charge in [-0.25, -0.2) is 9.78 Å². The second-order valence-corrected chi connectivity index (χ2v) is 4.64. The van der Waals surface area contributed by atoms with Crippen molar-refractivity contribution in [3.05, 3.63) is 64.0 Å². The molecule has 0 atom stereocenters. The lowest BCUT2D eigenvalue weighted by Gasteiger charge is -2.03. The summed E-state index contributed by atoms with van der Waals surface area (Å²) in [6.45, 7) is 3.95. The van der Waals surface area contributed by atoms with Gasteiger partial charge in [-0.3, -0.25) is 0 Å². The van der Waals surface area contributed by atoms with E-state index < -0.39 is 0 Å². The summed E-state index contributed by atoms with van der Waals surface area (Å²) >= 11 is 0. The van der Waals surface area contributed by atoms with Gasteiger partial charge in [-0.05, 0) is 37.6 Å². The fourth-order valence-corrected chi connectivity index (χ4v) is 2.06. The molecule has 1 heterocycles. The lowest BCUT2D eigenvalue weighted by Crippen LogP contribution is -2.03. The Morgan fingerprint density at radius 3 is 2.47 bits per heavy atom. The number of rotatable bonds is 1. The van der Waals surface area contributed by atoms with E-state index in [1.54, 1.807) is 6.07 Å². The van der Waals surface area contributed by atoms with E-state index in [1.807, 2.05) is 50.2 Å². The average molecular weight is 251 g/mol. The molecule has 19 heavy (non-hydrogen) atoms. The van der Waals surface area contributed by atoms with Crippen LogP contribution in [0.2, 0.25) is 0 Å². The van der Waals surface area contributed by atoms with Gasteiger partial charge in [0.2, 0.25) is 5.89 Å². The third kappa shape index (κ3) is 2.03. The quantitative estimate of drug-likeness (QED) is 0.665. The standard InChI is InChI=1S/C16H13NO2/c1-10-6-8-12(9-7-10)15-17-14-11(2)4-3-5-13(14)16(18)19-15/h3-9H,1-2H3. The number of benzene rings is 2. The van der Waals surface area contributed by atoms with Gasteiger partial charge in [0, 0.05) is 5.56 Å². The van der Waals surface area contributed by atoms with Gasteiger partial charge in [-0.2, -0.15) is 0 Å². The van der Waals surface area contributed by atoms with E-state index in [0.717, 1.165) is 16.7 Å². The van der Waals surface area contributed by atoms with Crippen LogP contribution in [0.15, 0.2) is 51.7 Å². The first-order chi connectivity index (χ1) is 9.15. The Bertz CT molecular complexity index is 801. The van der Waals surface area contributed by atoms with E-state index in [0.29, 0.717) is 16.8 Å². The van der Waals surface area contributed by atoms with Gasteiger partial charge in [0.1, 0.15) is 0 Å². The predicted molar refractivity (Wildman–Crippen MR) is 75.2 cm³/mol. The largest absolute Gasteiger partial charge is 0.403 e. The molecule has 0 aliphatic rings. The normalized spacial score (nSPS) is 10.8. The zero-order chi connectivity index (χ0) is 13.4. The van der Waals surface area contributed by atoms with E-state index in [-0.39, 0.29) is 5.63 Å². The maximum absolute atomic E-state index is 12.0. The maximum atomic E-state index is 12.0. The molecule has 1 aromatic heterocycles. The Morgan fingerprint density at radius 1 is 1.00 bits per heavy atom. The van der Waals surface area contributed by atoms with Crippen molar-refractivity contribution in [1.29, 1.82) is 0 Å². The van der Waals surface area contributed by atoms with Gasteiger partial charge in [-0.1, -0.05) is 29.8 Å². The van der Waals surface area contributed by atoms with E-state index >= 15 is 0 Å². The summed E-state index contributed by atoms with van der Waals surface area (Å²) in [6.07, 6.45) is 0. The minimum absolute atomic E-state index is 0.343. The molecule has 3 nitrogen and oxygen atoms in total. The van der Waals surface area contributed by atoms with Crippen molar-refractivity contribution in [2.24, 2.45) is 0 Å². The first-order valence-electron chi connectivity index (χ1n) is 6.12. The SMILES string of the molecule is Cc1ccc(-c2nc3c(C)cccc3c(=O)o2)cc1. The topological polar surface area (TPSA) is 43.1 Å². The number of aryl methyl sites for hydroxylation is 2. The number of nitrogens with zero attached hydrogens (tertiary/aromatic N) is 1. The Morgan fingerprint density at radius 2 is 1.74 bits per heavy atom. The summed E-state index contributed by atoms with van der Waals surface area (Å²) < 4.78 is 5.30. The van der Waals surface area contributed by atoms with Gasteiger partial charge in [0.05, 0.1) is 10.9 Å². The van der Waals surface area contributed by atoms with E-state index in [4.69, 9.17) is 4.42 Å². The smallest absolute Gasteiger partial charge is 0.347 e. The molecule has 0 unspecified atom stereocenters. The molecular weight excluding hydrogens is 238 g/mol. The highest BCUT2D eigenvalue weighted by molar-refractivity contribution is 5.81. The summed E-state index contributed by atoms with van der Waals surface area (Å²) in [4.78, 5) is 16.5. The molecule has 0 aliphatic carbocycles. The highest BCUT2D eigenvalue weighted by atomic mass is 16.4. The molecule has 0 aliphatic heterocycles. The van der Waals surface area contributed by atoms with Crippen molar-refractivity contribution in [2.45, 2.75) is 13.8 Å². The van der Waals surface area contributed by atoms with Crippen molar-refractivity contribution in [3.8, 4) is 11.5 Å². The third-order valence-corrected chi connectivity index (χ3v) is 3.16. The van der Waals surface area contributed by atoms with Crippen molar-refractivity contribution < 1.29 is 4.42 Å². The first kappa shape index (κ1) is 11.7. The van der Waals surface area contributed by atoms with Crippen LogP contribution in [0.1, 0.15) is 11.1 Å². The molecule has 2 aromatic carbocycles. The summed E-state index contributed by atoms with van der Waals surface area (Å²) in [5.41, 5.74) is 3.30. The van der Waals surface area contributed by atoms with E-state index in [1.165, 1.54) is 0 Å². The van der Waals surface area contributed by atoms with Gasteiger partial charge in [-0.15, -0.1) is 0 Å². The summed E-state index contributed by atoms with van der Waals surface area (Å²) in [7, 11) is 0. The highest BCUT2D eigenvalue weighted by Crippen LogP contribution is 2.20. The van der Waals surface area contributed by atoms with Crippen molar-refractivity contribution in [1.82, 2.24) is 4.98 Å². The Labute approximate surface area is 110 Å². The van der Waals surface area contributed by atoms with Crippen LogP contribution >= 0.6 is 0 Å². The molecule has 0 saturated heterocycles. The Balaban J connectivity index is 2.29. The van der Waals surface area contributed by atoms with Gasteiger partial charge >= 0.3 is 5.63 Å². The first-order valence-corrected chi connectivity index (χ1v) is 6.12. The monoisotopic (exact) mass is 251 g/mol. The number of hydrogen-bond acceptors (Lipinski definition) is 3. The molecule has 0 bridgehead atoms. The van der Waals surface area contributed by atoms with Gasteiger partial charge in [0.15, 0.2) is 0 Å². The van der Waals surface area contributed by atoms with Crippen molar-refractivity contribution >= 4 is 10.9 Å². The molecule has 3 aromatic rings. The van der Waals surface area contributed by atoms with Gasteiger partial charge < -0.3 is 4.42 Å². The molecule has 94 valence electrons. The fourth-order valence-electron chi connectivity index (χ4n) is 2.06. The van der Waals surface area contributed by atoms with Crippen LogP contribution in [0, 0.1) is 13.8 Å². The maximum Gasteiger partial charge on any atom is 0.347 e. The molecule has 0 saturated carbocycles. The predicted octanol–water partition coefficient (Wildman–Crippen LogP) is 3.47. The van der Waals surface area contributed by atoms with E-state index in [2.05, 4.69) is 4.98 Å². The lowest BCUT2D eigenvalue weighted by atomic mass is 10.1. The van der Waals surface area contributed by atoms with Crippen LogP contribution in [-0.2, 0) is 0 Å². The molecule has 3 rings (SSSR count). The Kier molecular flexibility index (Phi) is 2.67. The second-order valence-electron chi connectivity index (χ2n) is 4.64. The molecule has 0 spiro atoms. The van der Waals surface area contributed by atoms with Crippen LogP contribution < -0.4 is 5.63 Å². The fraction of sp³-hybridized carbons (Fsp3) is 0.125. The number of para-hydroxylation sites is 1. The summed E-state index contributed by atoms with van der Waals surface area (Å²) in [6, 6.07) is 13.3. The van der Waals surface area contributed by atoms with Crippen LogP contribution in [0.4, 0.5) is 0 Å². The van der Waals surface area contributed by atoms with Crippen molar-refractivity contribution in [2.75, 3.05) is 0 Å². The molecule has 0 radical (unpaired) electrons. The second kappa shape index (κ2) is 4.35. The van der Waals surface area contributed by atoms with Crippen LogP contribution in [0.25, 0.3) is 22.4 Å². The van der Waals surface area contributed by atoms with Crippen LogP contribution in [0.5, 0.6) is 0 Å². The third-order valence-electron chi connectivity index (χ3n) is 3.16. The Hall–Kier alpha value is -2.42. The molecular formula is C16H13NO2. The van der Waals surface area contributed by atoms with Crippen LogP contribution in [0.3, 0.4) is 0 Å². The number of fused-ring (bicyclic) bond motifs is 1. The zero-order valence-electron chi connectivity index (χ0n) is 10.8. The minimum Gasteiger partial charge on any atom is -0.403 e. The highest BCUT2D eigenvalue weighted by Gasteiger charge is 2.09. The van der Waals surface area contributed by atoms with Crippen LogP contribution in [-0.4, -0.2) is 4.98 Å². The number of hydrogen-bond donors (Lipinski definition) is 0. The zero-order valence-corrected chi connectivity index (χ0v) is 10.8. The minimum atomic E-state index is -0.343. The molecule has 3 heteroatoms. The average Bonchev–Trinajstić information content (AvgIpc) is 2.41. The van der Waals surface area contributed by atoms with Gasteiger partial charge in [0.25, 0.3) is 0 Å². The molecule has 0 N–H and O–H groups in total. The molecule has 0 amide bonds. The van der Waals surface area contributed by atoms with E-state index in [9.17, 15) is 4.79 Å². The lowest BCUT2D eigenvalue weighted by molar-refractivity contribution is 0.518. The van der Waals surface area contributed by atoms with Crippen molar-refractivity contribution in [3.63, 3.8) is 0 Å². The molecule has 0 fully saturated rings.